The van der Waals surface area contributed by atoms with E-state index < -0.39 is 12.9 Å². The van der Waals surface area contributed by atoms with Gasteiger partial charge in [0.05, 0.1) is 18.7 Å². The highest BCUT2D eigenvalue weighted by Crippen LogP contribution is 2.32. The molecule has 7 nitrogen and oxygen atoms in total. The lowest BCUT2D eigenvalue weighted by molar-refractivity contribution is -0.136. The zero-order valence-electron chi connectivity index (χ0n) is 11.7. The van der Waals surface area contributed by atoms with E-state index in [0.717, 1.165) is 10.0 Å². The summed E-state index contributed by atoms with van der Waals surface area (Å²) in [6.07, 6.45) is -0.143. The molecule has 0 unspecified atom stereocenters. The Balaban J connectivity index is 2.54. The Morgan fingerprint density at radius 2 is 2.00 bits per heavy atom. The number of methoxy groups -OCH3 is 2. The van der Waals surface area contributed by atoms with Gasteiger partial charge in [0, 0.05) is 6.54 Å². The molecular weight excluding hydrogens is 346 g/mol. The average molecular weight is 362 g/mol. The van der Waals surface area contributed by atoms with E-state index in [-0.39, 0.29) is 6.47 Å². The van der Waals surface area contributed by atoms with Crippen LogP contribution in [0.3, 0.4) is 0 Å². The number of hydrogen-bond acceptors (Lipinski definition) is 6. The lowest BCUT2D eigenvalue weighted by atomic mass is 10.1. The van der Waals surface area contributed by atoms with E-state index in [2.05, 4.69) is 30.7 Å². The maximum absolute atomic E-state index is 11.2. The largest absolute Gasteiger partial charge is 0.496 e. The normalized spacial score (nSPS) is 9.67. The minimum Gasteiger partial charge on any atom is -0.496 e. The van der Waals surface area contributed by atoms with Gasteiger partial charge in [-0.25, -0.2) is 4.79 Å². The van der Waals surface area contributed by atoms with Gasteiger partial charge in [-0.1, -0.05) is 0 Å². The highest BCUT2D eigenvalue weighted by atomic mass is 79.9. The molecule has 0 spiro atoms. The van der Waals surface area contributed by atoms with Crippen LogP contribution in [0.1, 0.15) is 5.56 Å². The number of amides is 1. The van der Waals surface area contributed by atoms with Crippen molar-refractivity contribution in [2.45, 2.75) is 6.42 Å². The van der Waals surface area contributed by atoms with E-state index in [0.29, 0.717) is 24.5 Å². The number of carbonyl (C=O) groups excluding carboxylic acids is 2. The number of carbonyl (C=O) groups is 2. The van der Waals surface area contributed by atoms with Gasteiger partial charge < -0.3 is 24.3 Å². The molecule has 8 heteroatoms. The second kappa shape index (κ2) is 9.06. The van der Waals surface area contributed by atoms with Crippen LogP contribution in [-0.2, 0) is 20.7 Å². The van der Waals surface area contributed by atoms with E-state index in [4.69, 9.17) is 9.47 Å². The SMILES string of the molecule is COc1cc(CCNC(=O)OCOC=O)c(OC)cc1Br. The van der Waals surface area contributed by atoms with Gasteiger partial charge in [-0.3, -0.25) is 4.79 Å². The summed E-state index contributed by atoms with van der Waals surface area (Å²) in [7, 11) is 3.13. The van der Waals surface area contributed by atoms with Crippen LogP contribution in [0.2, 0.25) is 0 Å². The van der Waals surface area contributed by atoms with Crippen molar-refractivity contribution >= 4 is 28.5 Å². The molecule has 0 fully saturated rings. The Morgan fingerprint density at radius 1 is 1.29 bits per heavy atom. The van der Waals surface area contributed by atoms with E-state index in [9.17, 15) is 9.59 Å². The average Bonchev–Trinajstić information content (AvgIpc) is 2.48. The first-order valence-electron chi connectivity index (χ1n) is 5.98. The van der Waals surface area contributed by atoms with Crippen LogP contribution in [0.15, 0.2) is 16.6 Å². The van der Waals surface area contributed by atoms with Gasteiger partial charge in [0.25, 0.3) is 6.47 Å². The molecule has 0 saturated carbocycles. The Kier molecular flexibility index (Phi) is 7.38. The van der Waals surface area contributed by atoms with Crippen LogP contribution in [0, 0.1) is 0 Å². The smallest absolute Gasteiger partial charge is 0.410 e. The number of benzene rings is 1. The van der Waals surface area contributed by atoms with Crippen molar-refractivity contribution in [3.05, 3.63) is 22.2 Å². The standard InChI is InChI=1S/C13H16BrNO6/c1-18-11-6-10(14)12(19-2)5-9(11)3-4-15-13(17)21-8-20-7-16/h5-7H,3-4,8H2,1-2H3,(H,15,17). The third-order valence-electron chi connectivity index (χ3n) is 2.54. The molecule has 1 rings (SSSR count). The first-order chi connectivity index (χ1) is 10.1. The van der Waals surface area contributed by atoms with Crippen molar-refractivity contribution in [1.29, 1.82) is 0 Å². The molecule has 116 valence electrons. The number of rotatable bonds is 8. The number of hydrogen-bond donors (Lipinski definition) is 1. The Hall–Kier alpha value is -1.96. The third kappa shape index (κ3) is 5.50. The van der Waals surface area contributed by atoms with Gasteiger partial charge in [-0.15, -0.1) is 0 Å². The molecule has 0 atom stereocenters. The molecule has 21 heavy (non-hydrogen) atoms. The van der Waals surface area contributed by atoms with Gasteiger partial charge in [0.15, 0.2) is 0 Å². The van der Waals surface area contributed by atoms with Gasteiger partial charge in [-0.05, 0) is 40.0 Å². The van der Waals surface area contributed by atoms with Crippen LogP contribution < -0.4 is 14.8 Å². The minimum absolute atomic E-state index is 0.201. The molecule has 1 amide bonds. The third-order valence-corrected chi connectivity index (χ3v) is 3.16. The van der Waals surface area contributed by atoms with Gasteiger partial charge in [0.2, 0.25) is 6.79 Å². The first-order valence-corrected chi connectivity index (χ1v) is 6.78. The monoisotopic (exact) mass is 361 g/mol. The quantitative estimate of drug-likeness (QED) is 0.432. The molecule has 0 radical (unpaired) electrons. The molecule has 1 aromatic rings. The highest BCUT2D eigenvalue weighted by Gasteiger charge is 2.10. The summed E-state index contributed by atoms with van der Waals surface area (Å²) in [4.78, 5) is 21.1. The molecule has 1 aromatic carbocycles. The number of alkyl carbamates (subject to hydrolysis) is 1. The van der Waals surface area contributed by atoms with E-state index in [1.54, 1.807) is 20.3 Å². The van der Waals surface area contributed by atoms with E-state index in [1.165, 1.54) is 0 Å². The molecule has 0 aliphatic heterocycles. The topological polar surface area (TPSA) is 83.1 Å². The summed E-state index contributed by atoms with van der Waals surface area (Å²) in [5.41, 5.74) is 0.877. The molecule has 0 bridgehead atoms. The fourth-order valence-electron chi connectivity index (χ4n) is 1.58. The van der Waals surface area contributed by atoms with Crippen LogP contribution in [0.4, 0.5) is 4.79 Å². The Labute approximate surface area is 130 Å². The summed E-state index contributed by atoms with van der Waals surface area (Å²) in [6.45, 7) is 0.123. The van der Waals surface area contributed by atoms with Gasteiger partial charge in [-0.2, -0.15) is 0 Å². The second-order valence-corrected chi connectivity index (χ2v) is 4.64. The van der Waals surface area contributed by atoms with Crippen molar-refractivity contribution < 1.29 is 28.5 Å². The maximum Gasteiger partial charge on any atom is 0.410 e. The van der Waals surface area contributed by atoms with Gasteiger partial charge in [0.1, 0.15) is 11.5 Å². The van der Waals surface area contributed by atoms with Crippen LogP contribution in [-0.4, -0.2) is 40.1 Å². The van der Waals surface area contributed by atoms with Crippen LogP contribution in [0.25, 0.3) is 0 Å². The fraction of sp³-hybridized carbons (Fsp3) is 0.385. The van der Waals surface area contributed by atoms with Gasteiger partial charge >= 0.3 is 6.09 Å². The summed E-state index contributed by atoms with van der Waals surface area (Å²) >= 11 is 3.37. The van der Waals surface area contributed by atoms with Crippen LogP contribution in [0.5, 0.6) is 11.5 Å². The van der Waals surface area contributed by atoms with Crippen molar-refractivity contribution in [3.8, 4) is 11.5 Å². The second-order valence-electron chi connectivity index (χ2n) is 3.79. The van der Waals surface area contributed by atoms with Crippen molar-refractivity contribution in [1.82, 2.24) is 5.32 Å². The van der Waals surface area contributed by atoms with Crippen LogP contribution >= 0.6 is 15.9 Å². The van der Waals surface area contributed by atoms with E-state index in [1.807, 2.05) is 6.07 Å². The van der Waals surface area contributed by atoms with Crippen molar-refractivity contribution in [2.24, 2.45) is 0 Å². The molecule has 0 aromatic heterocycles. The highest BCUT2D eigenvalue weighted by molar-refractivity contribution is 9.10. The summed E-state index contributed by atoms with van der Waals surface area (Å²) in [5, 5.41) is 2.53. The van der Waals surface area contributed by atoms with Crippen molar-refractivity contribution in [3.63, 3.8) is 0 Å². The predicted octanol–water partition coefficient (Wildman–Crippen LogP) is 1.87. The molecule has 1 N–H and O–H groups in total. The number of nitrogens with one attached hydrogen (secondary N) is 1. The minimum atomic E-state index is -0.667. The predicted molar refractivity (Wildman–Crippen MR) is 77.4 cm³/mol. The molecule has 0 saturated heterocycles. The lowest BCUT2D eigenvalue weighted by Crippen LogP contribution is -2.27. The Morgan fingerprint density at radius 3 is 2.62 bits per heavy atom. The zero-order valence-corrected chi connectivity index (χ0v) is 13.3. The lowest BCUT2D eigenvalue weighted by Gasteiger charge is -2.12. The molecule has 0 aliphatic rings. The maximum atomic E-state index is 11.2. The molecule has 0 heterocycles. The summed E-state index contributed by atoms with van der Waals surface area (Å²) < 4.78 is 20.1. The van der Waals surface area contributed by atoms with E-state index >= 15 is 0 Å². The molecular formula is C13H16BrNO6. The number of halogens is 1. The first kappa shape index (κ1) is 17.1. The Bertz CT molecular complexity index is 494. The summed E-state index contributed by atoms with van der Waals surface area (Å²) in [6, 6.07) is 3.62. The zero-order chi connectivity index (χ0) is 15.7. The van der Waals surface area contributed by atoms with Crippen molar-refractivity contribution in [2.75, 3.05) is 27.6 Å². The number of ether oxygens (including phenoxy) is 4. The fourth-order valence-corrected chi connectivity index (χ4v) is 2.07. The molecule has 0 aliphatic carbocycles. The summed E-state index contributed by atoms with van der Waals surface area (Å²) in [5.74, 6) is 1.36.